The molecule has 0 atom stereocenters. The number of alkyl halides is 3. The van der Waals surface area contributed by atoms with Gasteiger partial charge in [-0.05, 0) is 6.07 Å². The SMILES string of the molecule is N#Cc1cccc2c(-n3ccnc3)c(-c3nc(C(F)(F)F)n[nH]3)n(Cl)c12. The fourth-order valence-electron chi connectivity index (χ4n) is 2.72. The Hall–Kier alpha value is -3.32. The van der Waals surface area contributed by atoms with Crippen molar-refractivity contribution in [1.82, 2.24) is 28.8 Å². The standard InChI is InChI=1S/C15H7ClF3N7/c16-26-10-8(6-20)2-1-3-9(10)11(25-5-4-21-7-25)12(26)13-22-14(24-23-13)15(17,18)19/h1-5,7H,(H,22,23,24). The molecule has 0 unspecified atom stereocenters. The maximum absolute atomic E-state index is 12.9. The zero-order valence-electron chi connectivity index (χ0n) is 12.7. The van der Waals surface area contributed by atoms with E-state index in [1.54, 1.807) is 29.0 Å². The molecule has 130 valence electrons. The van der Waals surface area contributed by atoms with Crippen LogP contribution in [0.2, 0.25) is 0 Å². The minimum Gasteiger partial charge on any atom is -0.303 e. The molecule has 4 rings (SSSR count). The molecule has 0 bridgehead atoms. The minimum atomic E-state index is -4.70. The Morgan fingerprint density at radius 2 is 2.08 bits per heavy atom. The van der Waals surface area contributed by atoms with Crippen molar-refractivity contribution in [3.05, 3.63) is 48.3 Å². The van der Waals surface area contributed by atoms with Gasteiger partial charge >= 0.3 is 6.18 Å². The average molecular weight is 378 g/mol. The number of imidazole rings is 1. The molecule has 3 heterocycles. The number of benzene rings is 1. The van der Waals surface area contributed by atoms with E-state index in [1.165, 1.54) is 12.5 Å². The summed E-state index contributed by atoms with van der Waals surface area (Å²) < 4.78 is 41.3. The molecule has 3 aromatic heterocycles. The molecule has 0 saturated heterocycles. The number of para-hydroxylation sites is 1. The van der Waals surface area contributed by atoms with Crippen LogP contribution in [-0.2, 0) is 6.18 Å². The molecule has 1 N–H and O–H groups in total. The first-order valence-corrected chi connectivity index (χ1v) is 7.47. The van der Waals surface area contributed by atoms with Crippen molar-refractivity contribution in [3.8, 4) is 23.3 Å². The Labute approximate surface area is 148 Å². The highest BCUT2D eigenvalue weighted by atomic mass is 35.5. The van der Waals surface area contributed by atoms with E-state index < -0.39 is 12.0 Å². The predicted octanol–water partition coefficient (Wildman–Crippen LogP) is 3.50. The second kappa shape index (κ2) is 5.60. The molecule has 11 heteroatoms. The van der Waals surface area contributed by atoms with Crippen LogP contribution in [0.5, 0.6) is 0 Å². The van der Waals surface area contributed by atoms with Crippen LogP contribution in [0.15, 0.2) is 36.9 Å². The lowest BCUT2D eigenvalue weighted by Crippen LogP contribution is -2.07. The van der Waals surface area contributed by atoms with Crippen LogP contribution in [0, 0.1) is 11.3 Å². The smallest absolute Gasteiger partial charge is 0.303 e. The van der Waals surface area contributed by atoms with E-state index in [1.807, 2.05) is 6.07 Å². The summed E-state index contributed by atoms with van der Waals surface area (Å²) >= 11 is 6.38. The van der Waals surface area contributed by atoms with Gasteiger partial charge in [-0.3, -0.25) is 5.10 Å². The van der Waals surface area contributed by atoms with Crippen molar-refractivity contribution in [2.75, 3.05) is 0 Å². The Balaban J connectivity index is 2.09. The molecule has 0 aliphatic carbocycles. The summed E-state index contributed by atoms with van der Waals surface area (Å²) in [5, 5.41) is 15.4. The molecule has 26 heavy (non-hydrogen) atoms. The third kappa shape index (κ3) is 2.33. The van der Waals surface area contributed by atoms with Gasteiger partial charge in [0.15, 0.2) is 5.82 Å². The zero-order valence-corrected chi connectivity index (χ0v) is 13.4. The summed E-state index contributed by atoms with van der Waals surface area (Å²) in [6.45, 7) is 0. The van der Waals surface area contributed by atoms with Gasteiger partial charge in [0, 0.05) is 29.6 Å². The molecule has 4 aromatic rings. The van der Waals surface area contributed by atoms with Gasteiger partial charge in [0.2, 0.25) is 0 Å². The quantitative estimate of drug-likeness (QED) is 0.579. The first-order valence-electron chi connectivity index (χ1n) is 7.13. The number of halogens is 4. The van der Waals surface area contributed by atoms with Gasteiger partial charge < -0.3 is 4.57 Å². The highest BCUT2D eigenvalue weighted by Gasteiger charge is 2.37. The first-order chi connectivity index (χ1) is 12.4. The Kier molecular flexibility index (Phi) is 3.48. The lowest BCUT2D eigenvalue weighted by molar-refractivity contribution is -0.144. The normalized spacial score (nSPS) is 11.8. The number of aromatic nitrogens is 6. The lowest BCUT2D eigenvalue weighted by atomic mass is 10.1. The number of hydrogen-bond acceptors (Lipinski definition) is 4. The topological polar surface area (TPSA) is 88.1 Å². The highest BCUT2D eigenvalue weighted by Crippen LogP contribution is 2.38. The second-order valence-corrected chi connectivity index (χ2v) is 5.60. The highest BCUT2D eigenvalue weighted by molar-refractivity contribution is 6.23. The zero-order chi connectivity index (χ0) is 18.5. The first kappa shape index (κ1) is 16.2. The van der Waals surface area contributed by atoms with Crippen molar-refractivity contribution in [1.29, 1.82) is 5.26 Å². The fraction of sp³-hybridized carbons (Fsp3) is 0.0667. The van der Waals surface area contributed by atoms with E-state index in [-0.39, 0.29) is 17.1 Å². The maximum Gasteiger partial charge on any atom is 0.453 e. The molecule has 0 aliphatic heterocycles. The van der Waals surface area contributed by atoms with Gasteiger partial charge in [0.05, 0.1) is 23.1 Å². The van der Waals surface area contributed by atoms with E-state index in [2.05, 4.69) is 20.2 Å². The van der Waals surface area contributed by atoms with Gasteiger partial charge in [0.1, 0.15) is 11.8 Å². The number of nitriles is 1. The molecule has 0 amide bonds. The van der Waals surface area contributed by atoms with E-state index >= 15 is 0 Å². The summed E-state index contributed by atoms with van der Waals surface area (Å²) in [5.41, 5.74) is 1.17. The molecule has 0 fully saturated rings. The monoisotopic (exact) mass is 377 g/mol. The summed E-state index contributed by atoms with van der Waals surface area (Å²) in [5.74, 6) is -1.50. The van der Waals surface area contributed by atoms with Gasteiger partial charge in [-0.1, -0.05) is 12.1 Å². The van der Waals surface area contributed by atoms with Gasteiger partial charge in [0.25, 0.3) is 5.82 Å². The molecule has 0 saturated carbocycles. The van der Waals surface area contributed by atoms with Crippen LogP contribution in [0.4, 0.5) is 13.2 Å². The third-order valence-electron chi connectivity index (χ3n) is 3.75. The Morgan fingerprint density at radius 3 is 2.69 bits per heavy atom. The molecule has 0 spiro atoms. The van der Waals surface area contributed by atoms with Crippen LogP contribution < -0.4 is 0 Å². The van der Waals surface area contributed by atoms with E-state index in [9.17, 15) is 18.4 Å². The number of fused-ring (bicyclic) bond motifs is 1. The summed E-state index contributed by atoms with van der Waals surface area (Å²) in [6, 6.07) is 6.94. The van der Waals surface area contributed by atoms with Crippen LogP contribution in [0.25, 0.3) is 28.1 Å². The van der Waals surface area contributed by atoms with Crippen LogP contribution in [0.3, 0.4) is 0 Å². The van der Waals surface area contributed by atoms with Crippen LogP contribution >= 0.6 is 11.8 Å². The number of nitrogens with one attached hydrogen (secondary N) is 1. The van der Waals surface area contributed by atoms with Crippen LogP contribution in [-0.4, -0.2) is 28.8 Å². The minimum absolute atomic E-state index is 0.130. The molecular formula is C15H7ClF3N7. The van der Waals surface area contributed by atoms with Crippen molar-refractivity contribution in [2.45, 2.75) is 6.18 Å². The number of H-pyrrole nitrogens is 1. The van der Waals surface area contributed by atoms with Crippen molar-refractivity contribution in [3.63, 3.8) is 0 Å². The molecule has 1 aromatic carbocycles. The summed E-state index contributed by atoms with van der Waals surface area (Å²) in [4.78, 5) is 7.48. The van der Waals surface area contributed by atoms with E-state index in [4.69, 9.17) is 11.8 Å². The number of aromatic amines is 1. The molecule has 0 aliphatic rings. The van der Waals surface area contributed by atoms with E-state index in [0.29, 0.717) is 16.6 Å². The average Bonchev–Trinajstić information content (AvgIpc) is 3.32. The second-order valence-electron chi connectivity index (χ2n) is 5.27. The number of hydrogen-bond donors (Lipinski definition) is 1. The lowest BCUT2D eigenvalue weighted by Gasteiger charge is -2.04. The third-order valence-corrected chi connectivity index (χ3v) is 4.09. The summed E-state index contributed by atoms with van der Waals surface area (Å²) in [7, 11) is 0. The maximum atomic E-state index is 12.9. The number of nitrogens with zero attached hydrogens (tertiary/aromatic N) is 6. The molecule has 0 radical (unpaired) electrons. The van der Waals surface area contributed by atoms with Crippen LogP contribution in [0.1, 0.15) is 11.4 Å². The molecule has 7 nitrogen and oxygen atoms in total. The van der Waals surface area contributed by atoms with Gasteiger partial charge in [-0.25, -0.2) is 14.1 Å². The fourth-order valence-corrected chi connectivity index (χ4v) is 3.06. The van der Waals surface area contributed by atoms with Crippen molar-refractivity contribution >= 4 is 22.7 Å². The van der Waals surface area contributed by atoms with Gasteiger partial charge in [-0.15, -0.1) is 5.10 Å². The van der Waals surface area contributed by atoms with Crippen molar-refractivity contribution in [2.24, 2.45) is 0 Å². The Bertz CT molecular complexity index is 1150. The van der Waals surface area contributed by atoms with E-state index in [0.717, 1.165) is 4.09 Å². The predicted molar refractivity (Wildman–Crippen MR) is 85.4 cm³/mol. The molecular weight excluding hydrogens is 371 g/mol. The Morgan fingerprint density at radius 1 is 1.27 bits per heavy atom. The number of rotatable bonds is 2. The van der Waals surface area contributed by atoms with Crippen molar-refractivity contribution < 1.29 is 13.2 Å². The largest absolute Gasteiger partial charge is 0.453 e. The summed E-state index contributed by atoms with van der Waals surface area (Å²) in [6.07, 6.45) is -0.119. The van der Waals surface area contributed by atoms with Gasteiger partial charge in [-0.2, -0.15) is 18.4 Å².